The van der Waals surface area contributed by atoms with Crippen LogP contribution in [-0.2, 0) is 28.3 Å². The highest BCUT2D eigenvalue weighted by Gasteiger charge is 2.67. The zero-order valence-electron chi connectivity index (χ0n) is 18.7. The molecule has 4 aliphatic rings. The smallest absolute Gasteiger partial charge is 0.347 e. The third kappa shape index (κ3) is 2.84. The van der Waals surface area contributed by atoms with Gasteiger partial charge in [0.25, 0.3) is 0 Å². The van der Waals surface area contributed by atoms with Crippen molar-refractivity contribution in [2.75, 3.05) is 13.9 Å². The van der Waals surface area contributed by atoms with Gasteiger partial charge in [0, 0.05) is 20.0 Å². The van der Waals surface area contributed by atoms with E-state index in [1.807, 2.05) is 19.9 Å². The lowest BCUT2D eigenvalue weighted by molar-refractivity contribution is -0.151. The fourth-order valence-corrected chi connectivity index (χ4v) is 6.23. The summed E-state index contributed by atoms with van der Waals surface area (Å²) in [5.74, 6) is 0.326. The first-order valence-corrected chi connectivity index (χ1v) is 11.5. The molecule has 0 spiro atoms. The van der Waals surface area contributed by atoms with E-state index >= 15 is 0 Å². The predicted molar refractivity (Wildman–Crippen MR) is 116 cm³/mol. The maximum atomic E-state index is 13.2. The van der Waals surface area contributed by atoms with Crippen molar-refractivity contribution in [3.8, 4) is 17.2 Å². The minimum atomic E-state index is -0.861. The Morgan fingerprint density at radius 2 is 1.79 bits per heavy atom. The summed E-state index contributed by atoms with van der Waals surface area (Å²) >= 11 is 3.68. The zero-order chi connectivity index (χ0) is 23.4. The molecule has 2 saturated heterocycles. The Kier molecular flexibility index (Phi) is 4.43. The Labute approximate surface area is 196 Å². The number of hydrogen-bond acceptors (Lipinski definition) is 8. The van der Waals surface area contributed by atoms with Crippen LogP contribution in [0.15, 0.2) is 20.1 Å². The summed E-state index contributed by atoms with van der Waals surface area (Å²) in [7, 11) is 4.59. The SMILES string of the molecule is COc1c(Br)c([C@H]2[C@@H]3O[C@@H]3[C@H]3OC(C)(C)O[C@H]3[C@@H]2n2c(=O)n(C)c(=O)n2C)cc2c1OCO2. The minimum Gasteiger partial charge on any atom is -0.492 e. The third-order valence-corrected chi connectivity index (χ3v) is 7.73. The quantitative estimate of drug-likeness (QED) is 0.546. The summed E-state index contributed by atoms with van der Waals surface area (Å²) in [6.07, 6.45) is -1.35. The number of aromatic nitrogens is 3. The van der Waals surface area contributed by atoms with E-state index in [4.69, 9.17) is 28.4 Å². The lowest BCUT2D eigenvalue weighted by Gasteiger charge is -2.37. The van der Waals surface area contributed by atoms with E-state index in [-0.39, 0.29) is 31.0 Å². The fourth-order valence-electron chi connectivity index (χ4n) is 5.51. The molecule has 1 aliphatic carbocycles. The normalized spacial score (nSPS) is 33.0. The van der Waals surface area contributed by atoms with Gasteiger partial charge in [0.2, 0.25) is 12.5 Å². The molecular weight excluding hydrogens is 502 g/mol. The van der Waals surface area contributed by atoms with E-state index in [0.29, 0.717) is 21.7 Å². The third-order valence-electron chi connectivity index (χ3n) is 6.91. The molecule has 33 heavy (non-hydrogen) atoms. The van der Waals surface area contributed by atoms with E-state index < -0.39 is 29.3 Å². The number of halogens is 1. The van der Waals surface area contributed by atoms with Crippen LogP contribution in [0.3, 0.4) is 0 Å². The molecule has 6 rings (SSSR count). The van der Waals surface area contributed by atoms with Crippen molar-refractivity contribution in [1.82, 2.24) is 13.9 Å². The molecular formula is C21H24BrN3O8. The van der Waals surface area contributed by atoms with Crippen molar-refractivity contribution >= 4 is 15.9 Å². The number of fused-ring (bicyclic) bond motifs is 4. The Morgan fingerprint density at radius 1 is 1.06 bits per heavy atom. The number of hydrogen-bond donors (Lipinski definition) is 0. The van der Waals surface area contributed by atoms with Crippen LogP contribution < -0.4 is 25.6 Å². The topological polar surface area (TPSA) is 108 Å². The van der Waals surface area contributed by atoms with Crippen molar-refractivity contribution in [3.05, 3.63) is 37.1 Å². The summed E-state index contributed by atoms with van der Waals surface area (Å²) in [5, 5.41) is 0. The molecule has 3 fully saturated rings. The molecule has 6 atom stereocenters. The molecule has 0 radical (unpaired) electrons. The molecule has 178 valence electrons. The first kappa shape index (κ1) is 21.3. The van der Waals surface area contributed by atoms with Crippen molar-refractivity contribution in [3.63, 3.8) is 0 Å². The summed E-state index contributed by atoms with van der Waals surface area (Å²) < 4.78 is 40.0. The van der Waals surface area contributed by atoms with Gasteiger partial charge < -0.3 is 28.4 Å². The lowest BCUT2D eigenvalue weighted by Crippen LogP contribution is -2.50. The molecule has 1 aromatic heterocycles. The molecule has 3 aliphatic heterocycles. The molecule has 4 heterocycles. The van der Waals surface area contributed by atoms with Gasteiger partial charge in [0.15, 0.2) is 17.3 Å². The fraction of sp³-hybridized carbons (Fsp3) is 0.619. The standard InChI is InChI=1S/C21H24BrN3O8/c1-21(2)32-16-12(25-20(27)23(3)19(26)24(25)4)10(14-17(31-14)18(16)33-21)8-6-9-13(30-7-29-9)15(28-5)11(8)22/h6,10,12,14,16-18H,7H2,1-5H3/t10-,12-,14+,16+,17+,18+/m1/s1. The van der Waals surface area contributed by atoms with Gasteiger partial charge in [-0.05, 0) is 41.4 Å². The summed E-state index contributed by atoms with van der Waals surface area (Å²) in [5.41, 5.74) is -0.0503. The summed E-state index contributed by atoms with van der Waals surface area (Å²) in [4.78, 5) is 25.9. The Hall–Kier alpha value is -2.28. The molecule has 12 heteroatoms. The summed E-state index contributed by atoms with van der Waals surface area (Å²) in [6.45, 7) is 3.75. The second-order valence-electron chi connectivity index (χ2n) is 9.19. The monoisotopic (exact) mass is 525 g/mol. The van der Waals surface area contributed by atoms with E-state index in [2.05, 4.69) is 15.9 Å². The van der Waals surface area contributed by atoms with E-state index in [9.17, 15) is 9.59 Å². The van der Waals surface area contributed by atoms with Crippen LogP contribution in [0.2, 0.25) is 0 Å². The molecule has 1 aromatic carbocycles. The van der Waals surface area contributed by atoms with Gasteiger partial charge >= 0.3 is 11.4 Å². The van der Waals surface area contributed by atoms with Crippen LogP contribution in [0.1, 0.15) is 31.4 Å². The summed E-state index contributed by atoms with van der Waals surface area (Å²) in [6, 6.07) is 1.28. The van der Waals surface area contributed by atoms with Crippen LogP contribution in [0.25, 0.3) is 0 Å². The van der Waals surface area contributed by atoms with Gasteiger partial charge in [-0.3, -0.25) is 0 Å². The number of rotatable bonds is 3. The van der Waals surface area contributed by atoms with Crippen LogP contribution in [0.4, 0.5) is 0 Å². The maximum absolute atomic E-state index is 13.2. The largest absolute Gasteiger partial charge is 0.492 e. The van der Waals surface area contributed by atoms with Gasteiger partial charge in [-0.15, -0.1) is 0 Å². The number of nitrogens with zero attached hydrogens (tertiary/aromatic N) is 3. The van der Waals surface area contributed by atoms with Crippen molar-refractivity contribution in [1.29, 1.82) is 0 Å². The van der Waals surface area contributed by atoms with Crippen molar-refractivity contribution < 1.29 is 28.4 Å². The Bertz CT molecular complexity index is 1280. The predicted octanol–water partition coefficient (Wildman–Crippen LogP) is 1.01. The highest BCUT2D eigenvalue weighted by atomic mass is 79.9. The van der Waals surface area contributed by atoms with Gasteiger partial charge in [-0.1, -0.05) is 0 Å². The van der Waals surface area contributed by atoms with Crippen molar-refractivity contribution in [2.45, 2.75) is 56.0 Å². The number of methoxy groups -OCH3 is 1. The molecule has 1 saturated carbocycles. The van der Waals surface area contributed by atoms with Gasteiger partial charge in [-0.25, -0.2) is 23.5 Å². The number of epoxide rings is 1. The maximum Gasteiger partial charge on any atom is 0.347 e. The first-order valence-electron chi connectivity index (χ1n) is 10.7. The highest BCUT2D eigenvalue weighted by Crippen LogP contribution is 2.59. The van der Waals surface area contributed by atoms with Crippen LogP contribution in [0, 0.1) is 0 Å². The van der Waals surface area contributed by atoms with E-state index in [0.717, 1.165) is 10.1 Å². The zero-order valence-corrected chi connectivity index (χ0v) is 20.3. The van der Waals surface area contributed by atoms with E-state index in [1.165, 1.54) is 16.4 Å². The molecule has 0 unspecified atom stereocenters. The Morgan fingerprint density at radius 3 is 2.45 bits per heavy atom. The average molecular weight is 526 g/mol. The second-order valence-corrected chi connectivity index (χ2v) is 9.98. The van der Waals surface area contributed by atoms with Gasteiger partial charge in [0.1, 0.15) is 18.3 Å². The van der Waals surface area contributed by atoms with Crippen LogP contribution >= 0.6 is 15.9 Å². The second kappa shape index (κ2) is 6.87. The number of ether oxygens (including phenoxy) is 6. The molecule has 0 amide bonds. The highest BCUT2D eigenvalue weighted by molar-refractivity contribution is 9.10. The minimum absolute atomic E-state index is 0.0840. The van der Waals surface area contributed by atoms with E-state index in [1.54, 1.807) is 14.2 Å². The molecule has 2 aromatic rings. The molecule has 0 bridgehead atoms. The Balaban J connectivity index is 1.59. The van der Waals surface area contributed by atoms with Crippen LogP contribution in [-0.4, -0.2) is 58.0 Å². The van der Waals surface area contributed by atoms with Gasteiger partial charge in [0.05, 0.1) is 23.7 Å². The average Bonchev–Trinajstić information content (AvgIpc) is 3.23. The molecule has 11 nitrogen and oxygen atoms in total. The van der Waals surface area contributed by atoms with Crippen molar-refractivity contribution in [2.24, 2.45) is 14.1 Å². The van der Waals surface area contributed by atoms with Gasteiger partial charge in [-0.2, -0.15) is 0 Å². The first-order chi connectivity index (χ1) is 15.6. The lowest BCUT2D eigenvalue weighted by atomic mass is 9.76. The van der Waals surface area contributed by atoms with Crippen LogP contribution in [0.5, 0.6) is 17.2 Å². The number of benzene rings is 1. The molecule has 0 N–H and O–H groups in total.